The first-order valence-electron chi connectivity index (χ1n) is 5.60. The van der Waals surface area contributed by atoms with Crippen LogP contribution in [0.2, 0.25) is 0 Å². The smallest absolute Gasteiger partial charge is 0.303 e. The molecule has 0 aromatic carbocycles. The van der Waals surface area contributed by atoms with Crippen molar-refractivity contribution in [3.05, 3.63) is 0 Å². The van der Waals surface area contributed by atoms with Crippen LogP contribution in [0.4, 0.5) is 0 Å². The van der Waals surface area contributed by atoms with Gasteiger partial charge in [0.2, 0.25) is 0 Å². The molecule has 0 heterocycles. The van der Waals surface area contributed by atoms with Crippen molar-refractivity contribution in [2.45, 2.75) is 46.5 Å². The zero-order valence-corrected chi connectivity index (χ0v) is 9.34. The highest BCUT2D eigenvalue weighted by atomic mass is 16.4. The molecule has 2 rings (SSSR count). The maximum absolute atomic E-state index is 10.8. The van der Waals surface area contributed by atoms with Gasteiger partial charge in [-0.25, -0.2) is 0 Å². The molecule has 0 spiro atoms. The lowest BCUT2D eigenvalue weighted by atomic mass is 9.66. The van der Waals surface area contributed by atoms with Crippen LogP contribution >= 0.6 is 0 Å². The highest BCUT2D eigenvalue weighted by Gasteiger charge is 2.61. The topological polar surface area (TPSA) is 37.3 Å². The van der Waals surface area contributed by atoms with Crippen LogP contribution in [0.5, 0.6) is 0 Å². The zero-order valence-electron chi connectivity index (χ0n) is 9.34. The van der Waals surface area contributed by atoms with Gasteiger partial charge >= 0.3 is 5.97 Å². The summed E-state index contributed by atoms with van der Waals surface area (Å²) in [7, 11) is 0. The number of carboxylic acids is 1. The standard InChI is InChI=1S/C12H20O2/c1-11(2)8-4-5-12(11,3)9(6-8)7-10(13)14/h8-9H,4-7H2,1-3H3,(H,13,14)/t8-,9-,12-/m1/s1. The van der Waals surface area contributed by atoms with E-state index in [0.29, 0.717) is 17.8 Å². The van der Waals surface area contributed by atoms with Crippen molar-refractivity contribution in [1.29, 1.82) is 0 Å². The maximum Gasteiger partial charge on any atom is 0.303 e. The molecule has 2 aliphatic carbocycles. The van der Waals surface area contributed by atoms with Gasteiger partial charge in [-0.1, -0.05) is 20.8 Å². The van der Waals surface area contributed by atoms with Crippen molar-refractivity contribution >= 4 is 5.97 Å². The van der Waals surface area contributed by atoms with E-state index in [1.165, 1.54) is 12.8 Å². The molecule has 0 amide bonds. The Morgan fingerprint density at radius 1 is 1.43 bits per heavy atom. The van der Waals surface area contributed by atoms with Crippen molar-refractivity contribution in [2.75, 3.05) is 0 Å². The fourth-order valence-corrected chi connectivity index (χ4v) is 3.89. The third-order valence-corrected chi connectivity index (χ3v) is 5.40. The van der Waals surface area contributed by atoms with E-state index in [1.807, 2.05) is 0 Å². The number of carboxylic acid groups (broad SMARTS) is 1. The Balaban J connectivity index is 2.23. The second-order valence-electron chi connectivity index (χ2n) is 5.91. The molecule has 0 aromatic heterocycles. The van der Waals surface area contributed by atoms with E-state index in [2.05, 4.69) is 20.8 Å². The van der Waals surface area contributed by atoms with Gasteiger partial charge in [-0.05, 0) is 41.9 Å². The maximum atomic E-state index is 10.8. The van der Waals surface area contributed by atoms with Gasteiger partial charge in [0.25, 0.3) is 0 Å². The molecular formula is C12H20O2. The number of aliphatic carboxylic acids is 1. The summed E-state index contributed by atoms with van der Waals surface area (Å²) in [6, 6.07) is 0. The first-order valence-corrected chi connectivity index (χ1v) is 5.60. The van der Waals surface area contributed by atoms with Gasteiger partial charge in [-0.15, -0.1) is 0 Å². The van der Waals surface area contributed by atoms with Gasteiger partial charge in [0.15, 0.2) is 0 Å². The summed E-state index contributed by atoms with van der Waals surface area (Å²) in [5.41, 5.74) is 0.628. The number of hydrogen-bond donors (Lipinski definition) is 1. The number of fused-ring (bicyclic) bond motifs is 2. The highest BCUT2D eigenvalue weighted by molar-refractivity contribution is 5.67. The summed E-state index contributed by atoms with van der Waals surface area (Å²) >= 11 is 0. The molecule has 0 aliphatic heterocycles. The average molecular weight is 196 g/mol. The van der Waals surface area contributed by atoms with Gasteiger partial charge in [-0.3, -0.25) is 4.79 Å². The molecule has 2 saturated carbocycles. The first-order chi connectivity index (χ1) is 6.38. The Morgan fingerprint density at radius 2 is 2.07 bits per heavy atom. The Labute approximate surface area is 85.7 Å². The number of rotatable bonds is 2. The molecule has 0 unspecified atom stereocenters. The predicted octanol–water partition coefficient (Wildman–Crippen LogP) is 2.92. The van der Waals surface area contributed by atoms with Crippen LogP contribution in [0.1, 0.15) is 46.5 Å². The molecule has 0 radical (unpaired) electrons. The molecule has 2 heteroatoms. The van der Waals surface area contributed by atoms with E-state index >= 15 is 0 Å². The summed E-state index contributed by atoms with van der Waals surface area (Å²) in [6.07, 6.45) is 4.04. The molecule has 2 bridgehead atoms. The normalized spacial score (nSPS) is 44.2. The average Bonchev–Trinajstić information content (AvgIpc) is 2.35. The zero-order chi connectivity index (χ0) is 10.6. The Hall–Kier alpha value is -0.530. The minimum atomic E-state index is -0.625. The Kier molecular flexibility index (Phi) is 1.96. The molecular weight excluding hydrogens is 176 g/mol. The summed E-state index contributed by atoms with van der Waals surface area (Å²) in [5, 5.41) is 8.89. The summed E-state index contributed by atoms with van der Waals surface area (Å²) in [4.78, 5) is 10.8. The van der Waals surface area contributed by atoms with Crippen LogP contribution < -0.4 is 0 Å². The molecule has 14 heavy (non-hydrogen) atoms. The second-order valence-corrected chi connectivity index (χ2v) is 5.91. The van der Waals surface area contributed by atoms with Crippen molar-refractivity contribution in [3.8, 4) is 0 Å². The highest BCUT2D eigenvalue weighted by Crippen LogP contribution is 2.68. The predicted molar refractivity (Wildman–Crippen MR) is 55.0 cm³/mol. The minimum absolute atomic E-state index is 0.274. The second kappa shape index (κ2) is 2.74. The molecule has 0 aromatic rings. The fourth-order valence-electron chi connectivity index (χ4n) is 3.89. The SMILES string of the molecule is CC1(C)[C@@H]2CC[C@]1(C)[C@@H](CC(=O)O)C2. The quantitative estimate of drug-likeness (QED) is 0.737. The molecule has 2 fully saturated rings. The van der Waals surface area contributed by atoms with E-state index in [1.54, 1.807) is 0 Å². The van der Waals surface area contributed by atoms with Crippen molar-refractivity contribution < 1.29 is 9.90 Å². The van der Waals surface area contributed by atoms with Gasteiger partial charge in [0, 0.05) is 6.42 Å². The molecule has 0 saturated heterocycles. The van der Waals surface area contributed by atoms with Crippen LogP contribution in [-0.4, -0.2) is 11.1 Å². The lowest BCUT2D eigenvalue weighted by Crippen LogP contribution is -2.33. The summed E-state index contributed by atoms with van der Waals surface area (Å²) < 4.78 is 0. The van der Waals surface area contributed by atoms with Crippen LogP contribution in [0.3, 0.4) is 0 Å². The molecule has 2 nitrogen and oxygen atoms in total. The largest absolute Gasteiger partial charge is 0.481 e. The Morgan fingerprint density at radius 3 is 2.43 bits per heavy atom. The van der Waals surface area contributed by atoms with E-state index in [4.69, 9.17) is 5.11 Å². The van der Waals surface area contributed by atoms with Gasteiger partial charge in [0.1, 0.15) is 0 Å². The molecule has 3 atom stereocenters. The first kappa shape index (κ1) is 10.0. The minimum Gasteiger partial charge on any atom is -0.481 e. The molecule has 1 N–H and O–H groups in total. The lowest BCUT2D eigenvalue weighted by molar-refractivity contribution is -0.139. The van der Waals surface area contributed by atoms with E-state index in [-0.39, 0.29) is 5.41 Å². The third-order valence-electron chi connectivity index (χ3n) is 5.40. The van der Waals surface area contributed by atoms with Crippen molar-refractivity contribution in [2.24, 2.45) is 22.7 Å². The van der Waals surface area contributed by atoms with E-state index < -0.39 is 5.97 Å². The third kappa shape index (κ3) is 1.06. The van der Waals surface area contributed by atoms with Crippen LogP contribution in [-0.2, 0) is 4.79 Å². The van der Waals surface area contributed by atoms with Gasteiger partial charge < -0.3 is 5.11 Å². The van der Waals surface area contributed by atoms with E-state index in [0.717, 1.165) is 12.3 Å². The monoisotopic (exact) mass is 196 g/mol. The van der Waals surface area contributed by atoms with Crippen molar-refractivity contribution in [1.82, 2.24) is 0 Å². The van der Waals surface area contributed by atoms with Crippen LogP contribution in [0.25, 0.3) is 0 Å². The summed E-state index contributed by atoms with van der Waals surface area (Å²) in [5.74, 6) is 0.546. The van der Waals surface area contributed by atoms with Gasteiger partial charge in [0.05, 0.1) is 0 Å². The molecule has 80 valence electrons. The van der Waals surface area contributed by atoms with E-state index in [9.17, 15) is 4.79 Å². The number of carbonyl (C=O) groups is 1. The molecule has 2 aliphatic rings. The van der Waals surface area contributed by atoms with Crippen LogP contribution in [0, 0.1) is 22.7 Å². The summed E-state index contributed by atoms with van der Waals surface area (Å²) in [6.45, 7) is 6.95. The number of hydrogen-bond acceptors (Lipinski definition) is 1. The lowest BCUT2D eigenvalue weighted by Gasteiger charge is -2.38. The Bertz CT molecular complexity index is 269. The fraction of sp³-hybridized carbons (Fsp3) is 0.917. The van der Waals surface area contributed by atoms with Crippen molar-refractivity contribution in [3.63, 3.8) is 0 Å². The van der Waals surface area contributed by atoms with Crippen LogP contribution in [0.15, 0.2) is 0 Å². The van der Waals surface area contributed by atoms with Gasteiger partial charge in [-0.2, -0.15) is 0 Å².